The third kappa shape index (κ3) is 3.28. The van der Waals surface area contributed by atoms with Crippen molar-refractivity contribution in [2.24, 2.45) is 0 Å². The predicted molar refractivity (Wildman–Crippen MR) is 93.0 cm³/mol. The number of benzene rings is 1. The molecule has 24 heavy (non-hydrogen) atoms. The Bertz CT molecular complexity index is 927. The van der Waals surface area contributed by atoms with Gasteiger partial charge in [-0.15, -0.1) is 0 Å². The highest BCUT2D eigenvalue weighted by atomic mass is 16.2. The van der Waals surface area contributed by atoms with E-state index in [1.54, 1.807) is 23.3 Å². The summed E-state index contributed by atoms with van der Waals surface area (Å²) >= 11 is 0. The van der Waals surface area contributed by atoms with Gasteiger partial charge in [0.05, 0.1) is 11.7 Å². The number of nitrogens with zero attached hydrogens (tertiary/aromatic N) is 4. The van der Waals surface area contributed by atoms with Gasteiger partial charge in [-0.2, -0.15) is 5.10 Å². The first kappa shape index (κ1) is 15.8. The highest BCUT2D eigenvalue weighted by molar-refractivity contribution is 5.45. The summed E-state index contributed by atoms with van der Waals surface area (Å²) in [6.45, 7) is 4.02. The summed E-state index contributed by atoms with van der Waals surface area (Å²) in [6.07, 6.45) is 5.86. The standard InChI is InChI=1S/C19H18N4O/c1-3-15(2)23-19(24)22(14-21-23)18-8-6-16(7-9-18)4-5-17-10-12-20-13-11-17/h6-15H,3H2,1-2H3. The largest absolute Gasteiger partial charge is 0.350 e. The molecule has 0 fully saturated rings. The van der Waals surface area contributed by atoms with Crippen molar-refractivity contribution in [3.63, 3.8) is 0 Å². The number of aromatic nitrogens is 4. The van der Waals surface area contributed by atoms with Crippen LogP contribution in [0.2, 0.25) is 0 Å². The van der Waals surface area contributed by atoms with Crippen LogP contribution >= 0.6 is 0 Å². The third-order valence-corrected chi connectivity index (χ3v) is 3.88. The van der Waals surface area contributed by atoms with E-state index in [2.05, 4.69) is 21.9 Å². The zero-order valence-electron chi connectivity index (χ0n) is 13.7. The lowest BCUT2D eigenvalue weighted by atomic mass is 10.2. The fourth-order valence-corrected chi connectivity index (χ4v) is 2.25. The maximum absolute atomic E-state index is 12.4. The van der Waals surface area contributed by atoms with Gasteiger partial charge < -0.3 is 0 Å². The molecule has 120 valence electrons. The summed E-state index contributed by atoms with van der Waals surface area (Å²) in [6, 6.07) is 11.4. The fourth-order valence-electron chi connectivity index (χ4n) is 2.25. The van der Waals surface area contributed by atoms with Crippen molar-refractivity contribution in [1.82, 2.24) is 19.3 Å². The number of hydrogen-bond donors (Lipinski definition) is 0. The lowest BCUT2D eigenvalue weighted by Crippen LogP contribution is -2.26. The van der Waals surface area contributed by atoms with Gasteiger partial charge >= 0.3 is 5.69 Å². The molecule has 2 heterocycles. The molecule has 0 saturated carbocycles. The molecule has 1 atom stereocenters. The number of pyridine rings is 1. The Hall–Kier alpha value is -3.13. The van der Waals surface area contributed by atoms with E-state index in [1.807, 2.05) is 50.2 Å². The lowest BCUT2D eigenvalue weighted by molar-refractivity contribution is 0.460. The minimum Gasteiger partial charge on any atom is -0.265 e. The second kappa shape index (κ2) is 6.97. The van der Waals surface area contributed by atoms with Crippen LogP contribution in [0.3, 0.4) is 0 Å². The first-order valence-electron chi connectivity index (χ1n) is 7.87. The fraction of sp³-hybridized carbons (Fsp3) is 0.211. The summed E-state index contributed by atoms with van der Waals surface area (Å²) in [7, 11) is 0. The zero-order valence-corrected chi connectivity index (χ0v) is 13.7. The Labute approximate surface area is 140 Å². The smallest absolute Gasteiger partial charge is 0.265 e. The number of rotatable bonds is 3. The molecule has 0 amide bonds. The van der Waals surface area contributed by atoms with Gasteiger partial charge in [0.2, 0.25) is 0 Å². The normalized spacial score (nSPS) is 11.6. The molecule has 0 N–H and O–H groups in total. The molecule has 0 spiro atoms. The van der Waals surface area contributed by atoms with E-state index in [-0.39, 0.29) is 11.7 Å². The van der Waals surface area contributed by atoms with E-state index < -0.39 is 0 Å². The summed E-state index contributed by atoms with van der Waals surface area (Å²) in [5.41, 5.74) is 2.46. The molecule has 1 unspecified atom stereocenters. The molecule has 1 aromatic carbocycles. The van der Waals surface area contributed by atoms with Crippen molar-refractivity contribution >= 4 is 0 Å². The van der Waals surface area contributed by atoms with Crippen molar-refractivity contribution in [3.8, 4) is 17.5 Å². The number of hydrogen-bond acceptors (Lipinski definition) is 3. The van der Waals surface area contributed by atoms with Gasteiger partial charge in [-0.05, 0) is 49.7 Å². The maximum atomic E-state index is 12.4. The van der Waals surface area contributed by atoms with Crippen molar-refractivity contribution < 1.29 is 0 Å². The van der Waals surface area contributed by atoms with Crippen LogP contribution < -0.4 is 5.69 Å². The SMILES string of the molecule is CCC(C)n1ncn(-c2ccc(C#Cc3ccncc3)cc2)c1=O. The van der Waals surface area contributed by atoms with Crippen LogP contribution in [0, 0.1) is 11.8 Å². The molecule has 3 aromatic rings. The van der Waals surface area contributed by atoms with Crippen molar-refractivity contribution in [2.45, 2.75) is 26.3 Å². The molecule has 0 aliphatic carbocycles. The Kier molecular flexibility index (Phi) is 4.57. The summed E-state index contributed by atoms with van der Waals surface area (Å²) < 4.78 is 3.06. The van der Waals surface area contributed by atoms with Gasteiger partial charge in [0, 0.05) is 23.5 Å². The summed E-state index contributed by atoms with van der Waals surface area (Å²) in [5.74, 6) is 6.18. The van der Waals surface area contributed by atoms with Crippen LogP contribution in [0.1, 0.15) is 37.4 Å². The topological polar surface area (TPSA) is 52.7 Å². The quantitative estimate of drug-likeness (QED) is 0.698. The highest BCUT2D eigenvalue weighted by Crippen LogP contribution is 2.09. The third-order valence-electron chi connectivity index (χ3n) is 3.88. The molecule has 0 aliphatic rings. The van der Waals surface area contributed by atoms with Crippen LogP contribution in [-0.2, 0) is 0 Å². The Morgan fingerprint density at radius 1 is 1.04 bits per heavy atom. The average molecular weight is 318 g/mol. The minimum absolute atomic E-state index is 0.0873. The molecule has 2 aromatic heterocycles. The molecule has 3 rings (SSSR count). The Morgan fingerprint density at radius 3 is 2.29 bits per heavy atom. The molecule has 5 nitrogen and oxygen atoms in total. The van der Waals surface area contributed by atoms with Gasteiger partial charge in [-0.1, -0.05) is 18.8 Å². The van der Waals surface area contributed by atoms with Crippen LogP contribution in [0.15, 0.2) is 59.9 Å². The average Bonchev–Trinajstić information content (AvgIpc) is 3.02. The molecule has 0 bridgehead atoms. The minimum atomic E-state index is -0.125. The predicted octanol–water partition coefficient (Wildman–Crippen LogP) is 2.80. The van der Waals surface area contributed by atoms with E-state index in [1.165, 1.54) is 4.68 Å². The van der Waals surface area contributed by atoms with Crippen LogP contribution in [-0.4, -0.2) is 19.3 Å². The highest BCUT2D eigenvalue weighted by Gasteiger charge is 2.10. The van der Waals surface area contributed by atoms with E-state index in [0.29, 0.717) is 0 Å². The Morgan fingerprint density at radius 2 is 1.67 bits per heavy atom. The first-order chi connectivity index (χ1) is 11.7. The van der Waals surface area contributed by atoms with Crippen molar-refractivity contribution in [3.05, 3.63) is 76.7 Å². The maximum Gasteiger partial charge on any atom is 0.350 e. The zero-order chi connectivity index (χ0) is 16.9. The molecule has 0 saturated heterocycles. The monoisotopic (exact) mass is 318 g/mol. The second-order valence-electron chi connectivity index (χ2n) is 5.52. The molecular weight excluding hydrogens is 300 g/mol. The van der Waals surface area contributed by atoms with Crippen molar-refractivity contribution in [2.75, 3.05) is 0 Å². The molecule has 0 aliphatic heterocycles. The van der Waals surface area contributed by atoms with E-state index >= 15 is 0 Å². The summed E-state index contributed by atoms with van der Waals surface area (Å²) in [4.78, 5) is 16.4. The molecule has 0 radical (unpaired) electrons. The van der Waals surface area contributed by atoms with Gasteiger partial charge in [0.25, 0.3) is 0 Å². The molecule has 5 heteroatoms. The van der Waals surface area contributed by atoms with Crippen LogP contribution in [0.4, 0.5) is 0 Å². The van der Waals surface area contributed by atoms with Crippen LogP contribution in [0.5, 0.6) is 0 Å². The van der Waals surface area contributed by atoms with Crippen molar-refractivity contribution in [1.29, 1.82) is 0 Å². The van der Waals surface area contributed by atoms with E-state index in [0.717, 1.165) is 23.2 Å². The Balaban J connectivity index is 1.84. The second-order valence-corrected chi connectivity index (χ2v) is 5.52. The van der Waals surface area contributed by atoms with E-state index in [9.17, 15) is 4.79 Å². The van der Waals surface area contributed by atoms with Gasteiger partial charge in [-0.25, -0.2) is 14.0 Å². The van der Waals surface area contributed by atoms with Crippen LogP contribution in [0.25, 0.3) is 5.69 Å². The van der Waals surface area contributed by atoms with E-state index in [4.69, 9.17) is 0 Å². The lowest BCUT2D eigenvalue weighted by Gasteiger charge is -2.06. The summed E-state index contributed by atoms with van der Waals surface area (Å²) in [5, 5.41) is 4.19. The molecular formula is C19H18N4O. The van der Waals surface area contributed by atoms with Gasteiger partial charge in [-0.3, -0.25) is 4.98 Å². The van der Waals surface area contributed by atoms with Gasteiger partial charge in [0.1, 0.15) is 6.33 Å². The first-order valence-corrected chi connectivity index (χ1v) is 7.87. The van der Waals surface area contributed by atoms with Gasteiger partial charge in [0.15, 0.2) is 0 Å².